The molecule has 1 aromatic carbocycles. The molecular weight excluding hydrogens is 264 g/mol. The van der Waals surface area contributed by atoms with Gasteiger partial charge < -0.3 is 10.5 Å². The third-order valence-corrected chi connectivity index (χ3v) is 3.31. The molecule has 100 valence electrons. The first kappa shape index (κ1) is 13.4. The molecule has 0 saturated carbocycles. The molecule has 0 radical (unpaired) electrons. The number of carbonyl (C=O) groups is 1. The van der Waals surface area contributed by atoms with Crippen molar-refractivity contribution in [1.29, 1.82) is 0 Å². The summed E-state index contributed by atoms with van der Waals surface area (Å²) >= 11 is 1.48. The molecule has 0 amide bonds. The molecule has 2 N–H and O–H groups in total. The van der Waals surface area contributed by atoms with Crippen molar-refractivity contribution in [2.24, 2.45) is 0 Å². The SMILES string of the molecule is COC(=O)c1ccc(Cn2c(N)nnc2SC)cc1. The van der Waals surface area contributed by atoms with Crippen LogP contribution in [-0.2, 0) is 11.3 Å². The second-order valence-electron chi connectivity index (χ2n) is 3.82. The lowest BCUT2D eigenvalue weighted by molar-refractivity contribution is 0.0600. The minimum atomic E-state index is -0.347. The van der Waals surface area contributed by atoms with Crippen LogP contribution < -0.4 is 5.73 Å². The van der Waals surface area contributed by atoms with Crippen LogP contribution in [0.1, 0.15) is 15.9 Å². The summed E-state index contributed by atoms with van der Waals surface area (Å²) in [6.45, 7) is 0.566. The number of ether oxygens (including phenoxy) is 1. The number of methoxy groups -OCH3 is 1. The van der Waals surface area contributed by atoms with Crippen LogP contribution >= 0.6 is 11.8 Å². The molecule has 2 rings (SSSR count). The fraction of sp³-hybridized carbons (Fsp3) is 0.250. The van der Waals surface area contributed by atoms with Crippen LogP contribution in [0.2, 0.25) is 0 Å². The number of nitrogens with zero attached hydrogens (tertiary/aromatic N) is 3. The molecule has 6 nitrogen and oxygen atoms in total. The first-order valence-electron chi connectivity index (χ1n) is 5.55. The smallest absolute Gasteiger partial charge is 0.337 e. The van der Waals surface area contributed by atoms with Crippen LogP contribution in [-0.4, -0.2) is 34.1 Å². The third-order valence-electron chi connectivity index (χ3n) is 2.64. The van der Waals surface area contributed by atoms with E-state index in [2.05, 4.69) is 14.9 Å². The van der Waals surface area contributed by atoms with Gasteiger partial charge in [-0.05, 0) is 24.0 Å². The Morgan fingerprint density at radius 1 is 1.37 bits per heavy atom. The highest BCUT2D eigenvalue weighted by molar-refractivity contribution is 7.98. The first-order chi connectivity index (χ1) is 9.15. The average molecular weight is 278 g/mol. The minimum absolute atomic E-state index is 0.347. The monoisotopic (exact) mass is 278 g/mol. The normalized spacial score (nSPS) is 10.4. The molecule has 2 aromatic rings. The number of nitrogens with two attached hydrogens (primary N) is 1. The number of thioether (sulfide) groups is 1. The quantitative estimate of drug-likeness (QED) is 0.672. The highest BCUT2D eigenvalue weighted by Crippen LogP contribution is 2.17. The summed E-state index contributed by atoms with van der Waals surface area (Å²) in [5.74, 6) is 0.0292. The van der Waals surface area contributed by atoms with Gasteiger partial charge in [0.2, 0.25) is 5.95 Å². The summed E-state index contributed by atoms with van der Waals surface area (Å²) < 4.78 is 6.47. The second kappa shape index (κ2) is 5.75. The number of carbonyl (C=O) groups excluding carboxylic acids is 1. The summed E-state index contributed by atoms with van der Waals surface area (Å²) in [6, 6.07) is 7.16. The molecule has 0 atom stereocenters. The van der Waals surface area contributed by atoms with Crippen molar-refractivity contribution in [2.45, 2.75) is 11.7 Å². The number of esters is 1. The number of hydrogen-bond acceptors (Lipinski definition) is 6. The maximum atomic E-state index is 11.3. The van der Waals surface area contributed by atoms with Gasteiger partial charge >= 0.3 is 5.97 Å². The highest BCUT2D eigenvalue weighted by Gasteiger charge is 2.10. The van der Waals surface area contributed by atoms with E-state index in [-0.39, 0.29) is 5.97 Å². The van der Waals surface area contributed by atoms with Crippen LogP contribution in [0.3, 0.4) is 0 Å². The fourth-order valence-electron chi connectivity index (χ4n) is 1.65. The average Bonchev–Trinajstić information content (AvgIpc) is 2.79. The van der Waals surface area contributed by atoms with Crippen molar-refractivity contribution in [3.8, 4) is 0 Å². The van der Waals surface area contributed by atoms with E-state index in [9.17, 15) is 4.79 Å². The van der Waals surface area contributed by atoms with Gasteiger partial charge in [0.05, 0.1) is 19.2 Å². The van der Waals surface area contributed by atoms with E-state index in [0.717, 1.165) is 10.7 Å². The summed E-state index contributed by atoms with van der Waals surface area (Å²) in [5.41, 5.74) is 7.30. The number of nitrogen functional groups attached to an aromatic ring is 1. The van der Waals surface area contributed by atoms with E-state index in [1.807, 2.05) is 23.0 Å². The molecule has 7 heteroatoms. The van der Waals surface area contributed by atoms with Crippen LogP contribution in [0.4, 0.5) is 5.95 Å². The predicted octanol–water partition coefficient (Wildman–Crippen LogP) is 1.42. The first-order valence-corrected chi connectivity index (χ1v) is 6.78. The molecule has 19 heavy (non-hydrogen) atoms. The van der Waals surface area contributed by atoms with Gasteiger partial charge in [0.1, 0.15) is 0 Å². The number of hydrogen-bond donors (Lipinski definition) is 1. The maximum Gasteiger partial charge on any atom is 0.337 e. The molecule has 0 aliphatic rings. The van der Waals surface area contributed by atoms with Crippen LogP contribution in [0.5, 0.6) is 0 Å². The predicted molar refractivity (Wildman–Crippen MR) is 73.1 cm³/mol. The second-order valence-corrected chi connectivity index (χ2v) is 4.59. The zero-order chi connectivity index (χ0) is 13.8. The van der Waals surface area contributed by atoms with Crippen molar-refractivity contribution >= 4 is 23.7 Å². The third kappa shape index (κ3) is 2.87. The molecule has 0 saturated heterocycles. The van der Waals surface area contributed by atoms with Crippen LogP contribution in [0, 0.1) is 0 Å². The Morgan fingerprint density at radius 3 is 2.63 bits per heavy atom. The molecule has 0 unspecified atom stereocenters. The van der Waals surface area contributed by atoms with Gasteiger partial charge in [-0.15, -0.1) is 10.2 Å². The molecule has 1 aromatic heterocycles. The molecular formula is C12H14N4O2S. The van der Waals surface area contributed by atoms with E-state index in [1.165, 1.54) is 18.9 Å². The largest absolute Gasteiger partial charge is 0.465 e. The lowest BCUT2D eigenvalue weighted by Crippen LogP contribution is -2.06. The number of rotatable bonds is 4. The van der Waals surface area contributed by atoms with Gasteiger partial charge in [0.15, 0.2) is 5.16 Å². The van der Waals surface area contributed by atoms with Gasteiger partial charge in [0.25, 0.3) is 0 Å². The summed E-state index contributed by atoms with van der Waals surface area (Å²) in [5, 5.41) is 8.56. The van der Waals surface area contributed by atoms with Gasteiger partial charge in [-0.2, -0.15) is 0 Å². The lowest BCUT2D eigenvalue weighted by atomic mass is 10.1. The lowest BCUT2D eigenvalue weighted by Gasteiger charge is -2.07. The summed E-state index contributed by atoms with van der Waals surface area (Å²) in [7, 11) is 1.36. The van der Waals surface area contributed by atoms with E-state index in [1.54, 1.807) is 12.1 Å². The van der Waals surface area contributed by atoms with Gasteiger partial charge in [0, 0.05) is 0 Å². The zero-order valence-corrected chi connectivity index (χ0v) is 11.5. The topological polar surface area (TPSA) is 83.0 Å². The van der Waals surface area contributed by atoms with Crippen LogP contribution in [0.25, 0.3) is 0 Å². The minimum Gasteiger partial charge on any atom is -0.465 e. The summed E-state index contributed by atoms with van der Waals surface area (Å²) in [4.78, 5) is 11.3. The Bertz CT molecular complexity index is 580. The number of benzene rings is 1. The van der Waals surface area contributed by atoms with Crippen LogP contribution in [0.15, 0.2) is 29.4 Å². The van der Waals surface area contributed by atoms with Crippen molar-refractivity contribution in [3.63, 3.8) is 0 Å². The molecule has 0 aliphatic heterocycles. The Labute approximate surface area is 115 Å². The standard InChI is InChI=1S/C12H14N4O2S/c1-18-10(17)9-5-3-8(4-6-9)7-16-11(13)14-15-12(16)19-2/h3-6H,7H2,1-2H3,(H2,13,14). The highest BCUT2D eigenvalue weighted by atomic mass is 32.2. The van der Waals surface area contributed by atoms with E-state index >= 15 is 0 Å². The Morgan fingerprint density at radius 2 is 2.05 bits per heavy atom. The van der Waals surface area contributed by atoms with Crippen molar-refractivity contribution in [2.75, 3.05) is 19.1 Å². The molecule has 0 aliphatic carbocycles. The van der Waals surface area contributed by atoms with E-state index in [4.69, 9.17) is 5.73 Å². The van der Waals surface area contributed by atoms with E-state index in [0.29, 0.717) is 18.1 Å². The van der Waals surface area contributed by atoms with Gasteiger partial charge in [-0.3, -0.25) is 4.57 Å². The molecule has 0 fully saturated rings. The van der Waals surface area contributed by atoms with E-state index < -0.39 is 0 Å². The van der Waals surface area contributed by atoms with Crippen molar-refractivity contribution in [3.05, 3.63) is 35.4 Å². The van der Waals surface area contributed by atoms with Gasteiger partial charge in [-0.1, -0.05) is 23.9 Å². The van der Waals surface area contributed by atoms with Gasteiger partial charge in [-0.25, -0.2) is 4.79 Å². The fourth-order valence-corrected chi connectivity index (χ4v) is 2.15. The molecule has 0 spiro atoms. The van der Waals surface area contributed by atoms with Crippen molar-refractivity contribution < 1.29 is 9.53 Å². The number of anilines is 1. The molecule has 1 heterocycles. The number of aromatic nitrogens is 3. The Kier molecular flexibility index (Phi) is 4.06. The molecule has 0 bridgehead atoms. The van der Waals surface area contributed by atoms with Crippen molar-refractivity contribution in [1.82, 2.24) is 14.8 Å². The zero-order valence-electron chi connectivity index (χ0n) is 10.7. The summed E-state index contributed by atoms with van der Waals surface area (Å²) in [6.07, 6.45) is 1.92. The Balaban J connectivity index is 2.19. The maximum absolute atomic E-state index is 11.3. The Hall–Kier alpha value is -2.02.